The third-order valence-corrected chi connectivity index (χ3v) is 3.55. The van der Waals surface area contributed by atoms with E-state index < -0.39 is 0 Å². The minimum Gasteiger partial charge on any atom is -0.508 e. The smallest absolute Gasteiger partial charge is 0.319 e. The van der Waals surface area contributed by atoms with Gasteiger partial charge in [-0.1, -0.05) is 18.2 Å². The normalized spacial score (nSPS) is 10.4. The SMILES string of the molecule is O=C(NCCc1cccc(O)c1)Nc1cnn(Cc2ccccn2)c1. The lowest BCUT2D eigenvalue weighted by molar-refractivity contribution is 0.252. The van der Waals surface area contributed by atoms with Gasteiger partial charge in [0.2, 0.25) is 0 Å². The summed E-state index contributed by atoms with van der Waals surface area (Å²) in [5.74, 6) is 0.224. The van der Waals surface area contributed by atoms with Crippen molar-refractivity contribution in [3.63, 3.8) is 0 Å². The van der Waals surface area contributed by atoms with Gasteiger partial charge in [0.15, 0.2) is 0 Å². The number of carbonyl (C=O) groups is 1. The predicted octanol–water partition coefficient (Wildman–Crippen LogP) is 2.40. The van der Waals surface area contributed by atoms with Crippen molar-refractivity contribution in [3.8, 4) is 5.75 Å². The average molecular weight is 337 g/mol. The topological polar surface area (TPSA) is 92.1 Å². The Hall–Kier alpha value is -3.35. The fourth-order valence-corrected chi connectivity index (χ4v) is 2.38. The number of pyridine rings is 1. The zero-order valence-corrected chi connectivity index (χ0v) is 13.6. The largest absolute Gasteiger partial charge is 0.508 e. The van der Waals surface area contributed by atoms with Gasteiger partial charge in [0, 0.05) is 18.9 Å². The summed E-state index contributed by atoms with van der Waals surface area (Å²) in [7, 11) is 0. The van der Waals surface area contributed by atoms with E-state index in [0.717, 1.165) is 11.3 Å². The molecule has 0 aliphatic carbocycles. The minimum atomic E-state index is -0.294. The highest BCUT2D eigenvalue weighted by atomic mass is 16.3. The number of anilines is 1. The van der Waals surface area contributed by atoms with Gasteiger partial charge in [-0.3, -0.25) is 9.67 Å². The van der Waals surface area contributed by atoms with E-state index in [-0.39, 0.29) is 11.8 Å². The Balaban J connectivity index is 1.45. The van der Waals surface area contributed by atoms with Crippen molar-refractivity contribution in [2.75, 3.05) is 11.9 Å². The average Bonchev–Trinajstić information content (AvgIpc) is 3.02. The number of carbonyl (C=O) groups excluding carboxylic acids is 1. The van der Waals surface area contributed by atoms with Crippen LogP contribution in [0.25, 0.3) is 0 Å². The van der Waals surface area contributed by atoms with Crippen LogP contribution < -0.4 is 10.6 Å². The van der Waals surface area contributed by atoms with E-state index in [1.807, 2.05) is 24.3 Å². The molecule has 0 unspecified atom stereocenters. The second-order valence-corrected chi connectivity index (χ2v) is 5.55. The molecule has 0 saturated heterocycles. The van der Waals surface area contributed by atoms with E-state index in [4.69, 9.17) is 0 Å². The third-order valence-electron chi connectivity index (χ3n) is 3.55. The molecule has 2 aromatic heterocycles. The fraction of sp³-hybridized carbons (Fsp3) is 0.167. The van der Waals surface area contributed by atoms with Crippen LogP contribution in [0.1, 0.15) is 11.3 Å². The highest BCUT2D eigenvalue weighted by Gasteiger charge is 2.05. The maximum atomic E-state index is 11.9. The van der Waals surface area contributed by atoms with Gasteiger partial charge in [0.05, 0.1) is 24.1 Å². The summed E-state index contributed by atoms with van der Waals surface area (Å²) in [4.78, 5) is 16.2. The van der Waals surface area contributed by atoms with Gasteiger partial charge in [-0.25, -0.2) is 4.79 Å². The van der Waals surface area contributed by atoms with Crippen LogP contribution in [0.15, 0.2) is 61.1 Å². The predicted molar refractivity (Wildman–Crippen MR) is 94.4 cm³/mol. The number of hydrogen-bond donors (Lipinski definition) is 3. The van der Waals surface area contributed by atoms with Crippen molar-refractivity contribution in [1.82, 2.24) is 20.1 Å². The summed E-state index contributed by atoms with van der Waals surface area (Å²) in [6, 6.07) is 12.4. The van der Waals surface area contributed by atoms with Crippen LogP contribution in [-0.2, 0) is 13.0 Å². The molecule has 0 aliphatic rings. The molecule has 0 aliphatic heterocycles. The molecule has 1 aromatic carbocycles. The molecular weight excluding hydrogens is 318 g/mol. The molecule has 7 heteroatoms. The number of phenols is 1. The van der Waals surface area contributed by atoms with Crippen LogP contribution in [0.2, 0.25) is 0 Å². The van der Waals surface area contributed by atoms with E-state index in [0.29, 0.717) is 25.2 Å². The maximum Gasteiger partial charge on any atom is 0.319 e. The molecule has 0 bridgehead atoms. The first kappa shape index (κ1) is 16.5. The van der Waals surface area contributed by atoms with Crippen molar-refractivity contribution in [3.05, 3.63) is 72.3 Å². The van der Waals surface area contributed by atoms with Crippen molar-refractivity contribution in [2.24, 2.45) is 0 Å². The highest BCUT2D eigenvalue weighted by molar-refractivity contribution is 5.88. The molecular formula is C18H19N5O2. The Labute approximate surface area is 145 Å². The Bertz CT molecular complexity index is 832. The summed E-state index contributed by atoms with van der Waals surface area (Å²) in [5.41, 5.74) is 2.47. The van der Waals surface area contributed by atoms with Crippen LogP contribution in [0, 0.1) is 0 Å². The highest BCUT2D eigenvalue weighted by Crippen LogP contribution is 2.11. The first-order valence-corrected chi connectivity index (χ1v) is 7.94. The fourth-order valence-electron chi connectivity index (χ4n) is 2.38. The Morgan fingerprint density at radius 1 is 1.20 bits per heavy atom. The molecule has 128 valence electrons. The van der Waals surface area contributed by atoms with Gasteiger partial charge in [-0.15, -0.1) is 0 Å². The van der Waals surface area contributed by atoms with Gasteiger partial charge >= 0.3 is 6.03 Å². The van der Waals surface area contributed by atoms with Gasteiger partial charge in [-0.05, 0) is 36.2 Å². The molecule has 2 amide bonds. The molecule has 25 heavy (non-hydrogen) atoms. The van der Waals surface area contributed by atoms with Gasteiger partial charge in [0.25, 0.3) is 0 Å². The van der Waals surface area contributed by atoms with Crippen molar-refractivity contribution in [2.45, 2.75) is 13.0 Å². The third kappa shape index (κ3) is 5.07. The number of nitrogens with zero attached hydrogens (tertiary/aromatic N) is 3. The quantitative estimate of drug-likeness (QED) is 0.644. The number of nitrogens with one attached hydrogen (secondary N) is 2. The lowest BCUT2D eigenvalue weighted by atomic mass is 10.1. The maximum absolute atomic E-state index is 11.9. The number of hydrogen-bond acceptors (Lipinski definition) is 4. The summed E-state index contributed by atoms with van der Waals surface area (Å²) in [6.45, 7) is 1.01. The summed E-state index contributed by atoms with van der Waals surface area (Å²) < 4.78 is 1.71. The standard InChI is InChI=1S/C18H19N5O2/c24-17-6-3-4-14(10-17)7-9-20-18(25)22-16-11-21-23(13-16)12-15-5-1-2-8-19-15/h1-6,8,10-11,13,24H,7,9,12H2,(H2,20,22,25). The molecule has 0 atom stereocenters. The number of benzene rings is 1. The molecule has 7 nitrogen and oxygen atoms in total. The van der Waals surface area contributed by atoms with Crippen molar-refractivity contribution >= 4 is 11.7 Å². The number of amides is 2. The molecule has 3 N–H and O–H groups in total. The molecule has 0 spiro atoms. The second kappa shape index (κ2) is 7.96. The van der Waals surface area contributed by atoms with E-state index in [1.165, 1.54) is 0 Å². The summed E-state index contributed by atoms with van der Waals surface area (Å²) in [5, 5.41) is 19.1. The zero-order chi connectivity index (χ0) is 17.5. The Kier molecular flexibility index (Phi) is 5.26. The number of rotatable bonds is 6. The molecule has 0 fully saturated rings. The first-order chi connectivity index (χ1) is 12.2. The first-order valence-electron chi connectivity index (χ1n) is 7.94. The molecule has 0 saturated carbocycles. The molecule has 2 heterocycles. The van der Waals surface area contributed by atoms with Crippen LogP contribution >= 0.6 is 0 Å². The summed E-state index contributed by atoms with van der Waals surface area (Å²) in [6.07, 6.45) is 5.72. The van der Waals surface area contributed by atoms with Crippen LogP contribution in [0.5, 0.6) is 5.75 Å². The van der Waals surface area contributed by atoms with Crippen molar-refractivity contribution < 1.29 is 9.90 Å². The van der Waals surface area contributed by atoms with Gasteiger partial charge < -0.3 is 15.7 Å². The number of aromatic hydroxyl groups is 1. The Morgan fingerprint density at radius 3 is 2.92 bits per heavy atom. The van der Waals surface area contributed by atoms with Crippen LogP contribution in [-0.4, -0.2) is 32.4 Å². The van der Waals surface area contributed by atoms with Gasteiger partial charge in [0.1, 0.15) is 5.75 Å². The molecule has 0 radical (unpaired) electrons. The lowest BCUT2D eigenvalue weighted by Crippen LogP contribution is -2.30. The number of aromatic nitrogens is 3. The number of urea groups is 1. The van der Waals surface area contributed by atoms with Crippen molar-refractivity contribution in [1.29, 1.82) is 0 Å². The Morgan fingerprint density at radius 2 is 2.12 bits per heavy atom. The van der Waals surface area contributed by atoms with Crippen LogP contribution in [0.3, 0.4) is 0 Å². The monoisotopic (exact) mass is 337 g/mol. The van der Waals surface area contributed by atoms with Crippen LogP contribution in [0.4, 0.5) is 10.5 Å². The summed E-state index contributed by atoms with van der Waals surface area (Å²) >= 11 is 0. The van der Waals surface area contributed by atoms with E-state index >= 15 is 0 Å². The lowest BCUT2D eigenvalue weighted by Gasteiger charge is -2.06. The number of phenolic OH excluding ortho intramolecular Hbond substituents is 1. The van der Waals surface area contributed by atoms with E-state index in [2.05, 4.69) is 20.7 Å². The molecule has 3 aromatic rings. The van der Waals surface area contributed by atoms with E-state index in [9.17, 15) is 9.90 Å². The zero-order valence-electron chi connectivity index (χ0n) is 13.6. The van der Waals surface area contributed by atoms with E-state index in [1.54, 1.807) is 41.5 Å². The minimum absolute atomic E-state index is 0.224. The molecule has 3 rings (SSSR count). The van der Waals surface area contributed by atoms with Gasteiger partial charge in [-0.2, -0.15) is 5.10 Å². The second-order valence-electron chi connectivity index (χ2n) is 5.55.